The van der Waals surface area contributed by atoms with Crippen molar-refractivity contribution >= 4 is 0 Å². The molecule has 0 saturated carbocycles. The highest BCUT2D eigenvalue weighted by molar-refractivity contribution is 4.08. The summed E-state index contributed by atoms with van der Waals surface area (Å²) in [4.78, 5) is 0. The topological polar surface area (TPSA) is 335 Å². The fourth-order valence-electron chi connectivity index (χ4n) is 0. The molecule has 0 amide bonds. The summed E-state index contributed by atoms with van der Waals surface area (Å²) >= 11 is 0. The van der Waals surface area contributed by atoms with E-state index in [0.717, 1.165) is 0 Å². The van der Waals surface area contributed by atoms with Crippen LogP contribution < -0.4 is 11.8 Å². The molecule has 0 aromatic rings. The third-order valence-corrected chi connectivity index (χ3v) is 0.600. The molecule has 0 saturated heterocycles. The monoisotopic (exact) mass is 438 g/mol. The van der Waals surface area contributed by atoms with E-state index in [0.29, 0.717) is 0 Å². The summed E-state index contributed by atoms with van der Waals surface area (Å²) in [7, 11) is 0. The molecule has 0 unspecified atom stereocenters. The van der Waals surface area contributed by atoms with Crippen LogP contribution in [0.25, 0.3) is 0 Å². The zero-order valence-electron chi connectivity index (χ0n) is 15.9. The molecule has 0 fully saturated rings. The van der Waals surface area contributed by atoms with E-state index in [4.69, 9.17) is 71.7 Å². The molecule has 18 N–H and O–H groups in total. The Labute approximate surface area is 164 Å². The first-order valence-electron chi connectivity index (χ1n) is 7.31. The number of hydrogen-bond donors (Lipinski definition) is 16. The lowest BCUT2D eigenvalue weighted by atomic mass is 10.8. The van der Waals surface area contributed by atoms with Gasteiger partial charge in [0.05, 0.1) is 79.3 Å². The van der Waals surface area contributed by atoms with E-state index in [1.165, 1.54) is 0 Å². The first-order chi connectivity index (χ1) is 13.5. The standard InChI is InChI=1S/6C2H6O2.2H3NO/c6*3-1-2-4;2*1-2/h6*3-4H,1-2H2;2*2H,1H2. The minimum Gasteiger partial charge on any atom is -0.394 e. The number of hydrogen-bond acceptors (Lipinski definition) is 16. The smallest absolute Gasteiger partial charge is 0.0662 e. The van der Waals surface area contributed by atoms with Crippen LogP contribution in [-0.2, 0) is 0 Å². The lowest BCUT2D eigenvalue weighted by Gasteiger charge is -1.70. The molecule has 0 aliphatic heterocycles. The summed E-state index contributed by atoms with van der Waals surface area (Å²) in [5.74, 6) is 7.00. The fourth-order valence-corrected chi connectivity index (χ4v) is 0. The maximum Gasteiger partial charge on any atom is 0.0662 e. The molecule has 0 spiro atoms. The van der Waals surface area contributed by atoms with Gasteiger partial charge in [0.2, 0.25) is 0 Å². The third-order valence-electron chi connectivity index (χ3n) is 0.600. The quantitative estimate of drug-likeness (QED) is 0.171. The summed E-state index contributed by atoms with van der Waals surface area (Å²) in [5.41, 5.74) is 0. The van der Waals surface area contributed by atoms with Crippen LogP contribution in [0.15, 0.2) is 0 Å². The van der Waals surface area contributed by atoms with Crippen LogP contribution in [0.1, 0.15) is 0 Å². The Morgan fingerprint density at radius 3 is 0.250 bits per heavy atom. The van der Waals surface area contributed by atoms with E-state index in [9.17, 15) is 0 Å². The number of rotatable bonds is 6. The van der Waals surface area contributed by atoms with Crippen LogP contribution in [0.3, 0.4) is 0 Å². The summed E-state index contributed by atoms with van der Waals surface area (Å²) in [6.07, 6.45) is 0. The fraction of sp³-hybridized carbons (Fsp3) is 1.00. The summed E-state index contributed by atoms with van der Waals surface area (Å²) in [6.45, 7) is -1.50. The SMILES string of the molecule is NO.NO.OCCO.OCCO.OCCO.OCCO.OCCO.OCCO. The first-order valence-corrected chi connectivity index (χ1v) is 7.31. The average molecular weight is 438 g/mol. The number of aliphatic hydroxyl groups is 12. The second-order valence-electron chi connectivity index (χ2n) is 2.68. The molecular formula is C12H42N2O14. The average Bonchev–Trinajstić information content (AvgIpc) is 2.81. The van der Waals surface area contributed by atoms with E-state index in [1.807, 2.05) is 0 Å². The predicted molar refractivity (Wildman–Crippen MR) is 97.0 cm³/mol. The summed E-state index contributed by atoms with van der Waals surface area (Å²) in [6, 6.07) is 0. The molecule has 28 heavy (non-hydrogen) atoms. The van der Waals surface area contributed by atoms with Crippen molar-refractivity contribution in [3.05, 3.63) is 0 Å². The Kier molecular flexibility index (Phi) is 238. The maximum absolute atomic E-state index is 7.62. The van der Waals surface area contributed by atoms with Crippen LogP contribution in [0.5, 0.6) is 0 Å². The van der Waals surface area contributed by atoms with E-state index >= 15 is 0 Å². The van der Waals surface area contributed by atoms with Crippen LogP contribution in [0, 0.1) is 0 Å². The Balaban J connectivity index is -0.0000000276. The molecular weight excluding hydrogens is 396 g/mol. The third kappa shape index (κ3) is 524. The van der Waals surface area contributed by atoms with Gasteiger partial charge in [-0.2, -0.15) is 0 Å². The molecule has 0 heterocycles. The van der Waals surface area contributed by atoms with Gasteiger partial charge in [-0.25, -0.2) is 11.8 Å². The first kappa shape index (κ1) is 50.7. The van der Waals surface area contributed by atoms with E-state index in [1.54, 1.807) is 0 Å². The second kappa shape index (κ2) is 131. The lowest BCUT2D eigenvalue weighted by Crippen LogP contribution is -1.85. The number of aliphatic hydroxyl groups excluding tert-OH is 12. The Morgan fingerprint density at radius 2 is 0.250 bits per heavy atom. The highest BCUT2D eigenvalue weighted by Gasteiger charge is 1.59. The molecule has 0 rings (SSSR count). The largest absolute Gasteiger partial charge is 0.394 e. The van der Waals surface area contributed by atoms with Crippen molar-refractivity contribution in [2.75, 3.05) is 79.3 Å². The predicted octanol–water partition coefficient (Wildman–Crippen LogP) is -7.51. The molecule has 184 valence electrons. The van der Waals surface area contributed by atoms with Gasteiger partial charge in [0.1, 0.15) is 0 Å². The van der Waals surface area contributed by atoms with Gasteiger partial charge in [-0.1, -0.05) is 0 Å². The zero-order chi connectivity index (χ0) is 24.5. The van der Waals surface area contributed by atoms with E-state index in [2.05, 4.69) is 11.8 Å². The lowest BCUT2D eigenvalue weighted by molar-refractivity contribution is 0.186. The van der Waals surface area contributed by atoms with E-state index < -0.39 is 0 Å². The highest BCUT2D eigenvalue weighted by atomic mass is 16.4. The highest BCUT2D eigenvalue weighted by Crippen LogP contribution is 1.41. The van der Waals surface area contributed by atoms with Gasteiger partial charge in [0, 0.05) is 0 Å². The van der Waals surface area contributed by atoms with Gasteiger partial charge in [-0.15, -0.1) is 0 Å². The normalized spacial score (nSPS) is 6.86. The van der Waals surface area contributed by atoms with Gasteiger partial charge in [-0.3, -0.25) is 0 Å². The molecule has 0 radical (unpaired) electrons. The Morgan fingerprint density at radius 1 is 0.214 bits per heavy atom. The van der Waals surface area contributed by atoms with Crippen molar-refractivity contribution in [1.82, 2.24) is 0 Å². The zero-order valence-corrected chi connectivity index (χ0v) is 15.9. The minimum atomic E-state index is -0.125. The van der Waals surface area contributed by atoms with Crippen molar-refractivity contribution < 1.29 is 71.7 Å². The van der Waals surface area contributed by atoms with Gasteiger partial charge < -0.3 is 71.7 Å². The van der Waals surface area contributed by atoms with Crippen molar-refractivity contribution in [3.8, 4) is 0 Å². The molecule has 16 heteroatoms. The van der Waals surface area contributed by atoms with Crippen LogP contribution in [0.4, 0.5) is 0 Å². The van der Waals surface area contributed by atoms with Gasteiger partial charge in [0.15, 0.2) is 0 Å². The van der Waals surface area contributed by atoms with Crippen molar-refractivity contribution in [2.24, 2.45) is 11.8 Å². The maximum atomic E-state index is 7.62. The molecule has 16 nitrogen and oxygen atoms in total. The second-order valence-corrected chi connectivity index (χ2v) is 2.68. The molecule has 0 aromatic heterocycles. The van der Waals surface area contributed by atoms with Crippen LogP contribution in [-0.4, -0.2) is 151 Å². The summed E-state index contributed by atoms with van der Waals surface area (Å²) in [5, 5.41) is 104. The molecule has 0 bridgehead atoms. The number of nitrogens with two attached hydrogens (primary N) is 2. The van der Waals surface area contributed by atoms with E-state index in [-0.39, 0.29) is 79.3 Å². The molecule has 0 aromatic carbocycles. The van der Waals surface area contributed by atoms with Crippen LogP contribution in [0.2, 0.25) is 0 Å². The van der Waals surface area contributed by atoms with Gasteiger partial charge >= 0.3 is 0 Å². The van der Waals surface area contributed by atoms with Crippen molar-refractivity contribution in [2.45, 2.75) is 0 Å². The Hall–Kier alpha value is -0.640. The Bertz CT molecular complexity index is 79.3. The van der Waals surface area contributed by atoms with Crippen molar-refractivity contribution in [1.29, 1.82) is 0 Å². The molecule has 0 atom stereocenters. The minimum absolute atomic E-state index is 0.125. The molecule has 0 aliphatic rings. The summed E-state index contributed by atoms with van der Waals surface area (Å²) < 4.78 is 0. The van der Waals surface area contributed by atoms with Gasteiger partial charge in [0.25, 0.3) is 0 Å². The van der Waals surface area contributed by atoms with Gasteiger partial charge in [-0.05, 0) is 0 Å². The molecule has 0 aliphatic carbocycles. The van der Waals surface area contributed by atoms with Crippen molar-refractivity contribution in [3.63, 3.8) is 0 Å². The van der Waals surface area contributed by atoms with Crippen LogP contribution >= 0.6 is 0 Å².